The summed E-state index contributed by atoms with van der Waals surface area (Å²) in [6, 6.07) is 11.6. The summed E-state index contributed by atoms with van der Waals surface area (Å²) in [5.41, 5.74) is 7.71. The van der Waals surface area contributed by atoms with Gasteiger partial charge in [-0.1, -0.05) is 69.6 Å². The molecule has 1 aliphatic heterocycles. The minimum atomic E-state index is -4.09. The number of nitrogens with zero attached hydrogens (tertiary/aromatic N) is 4. The van der Waals surface area contributed by atoms with Gasteiger partial charge in [0.15, 0.2) is 0 Å². The Bertz CT molecular complexity index is 1640. The smallest absolute Gasteiger partial charge is 0.321 e. The lowest BCUT2D eigenvalue weighted by Crippen LogP contribution is -2.57. The molecule has 14 heteroatoms. The first kappa shape index (κ1) is 36.6. The molecule has 1 saturated heterocycles. The number of nitrogens with one attached hydrogen (secondary N) is 1. The molecule has 2 aromatic carbocycles. The number of nitrogens with two attached hydrogens (primary N) is 1. The van der Waals surface area contributed by atoms with Gasteiger partial charge < -0.3 is 26.0 Å². The number of carbonyl (C=O) groups excluding carboxylic acids is 2. The lowest BCUT2D eigenvalue weighted by atomic mass is 9.97. The second kappa shape index (κ2) is 15.8. The van der Waals surface area contributed by atoms with Gasteiger partial charge in [0.05, 0.1) is 45.0 Å². The first-order valence-electron chi connectivity index (χ1n) is 15.7. The molecular weight excluding hydrogens is 660 g/mol. The maximum Gasteiger partial charge on any atom is 0.321 e. The van der Waals surface area contributed by atoms with Crippen molar-refractivity contribution in [2.75, 3.05) is 31.9 Å². The molecule has 1 aromatic heterocycles. The van der Waals surface area contributed by atoms with Crippen LogP contribution < -0.4 is 11.1 Å². The van der Waals surface area contributed by atoms with Crippen molar-refractivity contribution in [2.24, 2.45) is 11.8 Å². The molecule has 0 saturated carbocycles. The summed E-state index contributed by atoms with van der Waals surface area (Å²) >= 11 is 7.57. The topological polar surface area (TPSA) is 149 Å². The number of benzene rings is 2. The number of aliphatic hydroxyl groups is 1. The van der Waals surface area contributed by atoms with Crippen LogP contribution in [-0.4, -0.2) is 88.9 Å². The number of aryl methyl sites for hydroxylation is 1. The lowest BCUT2D eigenvalue weighted by molar-refractivity contribution is -0.128. The maximum atomic E-state index is 14.0. The number of anilines is 1. The van der Waals surface area contributed by atoms with E-state index in [9.17, 15) is 23.1 Å². The SMILES string of the molecule is Cc1nc(CN2CCN([C@H](C(=O)N[C@@H](Cc3ccccc3)[C@H](O)CN(CC(C)C)S(=O)(=O)c3ccc(Cl)c(N)c3)C(C)C)C2=O)cs1. The van der Waals surface area contributed by atoms with Gasteiger partial charge in [0.25, 0.3) is 0 Å². The molecule has 0 radical (unpaired) electrons. The van der Waals surface area contributed by atoms with E-state index in [0.717, 1.165) is 16.3 Å². The number of aromatic nitrogens is 1. The van der Waals surface area contributed by atoms with Gasteiger partial charge in [0, 0.05) is 31.6 Å². The van der Waals surface area contributed by atoms with E-state index in [1.165, 1.54) is 33.8 Å². The maximum absolute atomic E-state index is 14.0. The summed E-state index contributed by atoms with van der Waals surface area (Å²) in [5, 5.41) is 17.8. The van der Waals surface area contributed by atoms with Gasteiger partial charge in [-0.25, -0.2) is 18.2 Å². The molecule has 0 aliphatic carbocycles. The van der Waals surface area contributed by atoms with Crippen LogP contribution in [0.1, 0.15) is 44.0 Å². The van der Waals surface area contributed by atoms with E-state index in [1.807, 2.05) is 70.3 Å². The van der Waals surface area contributed by atoms with Gasteiger partial charge in [-0.2, -0.15) is 4.31 Å². The molecule has 11 nitrogen and oxygen atoms in total. The van der Waals surface area contributed by atoms with Crippen molar-refractivity contribution in [1.29, 1.82) is 0 Å². The molecule has 3 amide bonds. The zero-order chi connectivity index (χ0) is 34.5. The Morgan fingerprint density at radius 1 is 1.13 bits per heavy atom. The number of amides is 3. The molecule has 4 rings (SSSR count). The fourth-order valence-electron chi connectivity index (χ4n) is 5.75. The standard InChI is InChI=1S/C33H45ClN6O5S2/c1-21(2)17-39(47(44,45)26-11-12-27(34)28(35)16-26)19-30(41)29(15-24-9-7-6-8-10-24)37-32(42)31(22(3)4)40-14-13-38(33(40)43)18-25-20-46-23(5)36-25/h6-12,16,20-22,29-31,41H,13-15,17-19,35H2,1-5H3,(H,37,42)/t29-,30+,31-/m0/s1. The monoisotopic (exact) mass is 704 g/mol. The van der Waals surface area contributed by atoms with E-state index >= 15 is 0 Å². The largest absolute Gasteiger partial charge is 0.397 e. The normalized spacial score (nSPS) is 15.9. The van der Waals surface area contributed by atoms with Crippen molar-refractivity contribution < 1.29 is 23.1 Å². The van der Waals surface area contributed by atoms with E-state index in [-0.39, 0.29) is 53.0 Å². The van der Waals surface area contributed by atoms with Gasteiger partial charge in [0.1, 0.15) is 6.04 Å². The van der Waals surface area contributed by atoms with Crippen molar-refractivity contribution in [3.05, 3.63) is 75.2 Å². The minimum Gasteiger partial charge on any atom is -0.397 e. The quantitative estimate of drug-likeness (QED) is 0.199. The van der Waals surface area contributed by atoms with Gasteiger partial charge >= 0.3 is 6.03 Å². The summed E-state index contributed by atoms with van der Waals surface area (Å²) in [6.07, 6.45) is -1.05. The van der Waals surface area contributed by atoms with Crippen molar-refractivity contribution >= 4 is 50.6 Å². The van der Waals surface area contributed by atoms with Gasteiger partial charge in [-0.15, -0.1) is 11.3 Å². The van der Waals surface area contributed by atoms with E-state index in [2.05, 4.69) is 10.3 Å². The second-order valence-electron chi connectivity index (χ2n) is 12.7. The number of sulfonamides is 1. The predicted molar refractivity (Wildman–Crippen MR) is 186 cm³/mol. The average Bonchev–Trinajstić information content (AvgIpc) is 3.58. The first-order valence-corrected chi connectivity index (χ1v) is 18.4. The van der Waals surface area contributed by atoms with Crippen molar-refractivity contribution in [3.8, 4) is 0 Å². The molecule has 1 aliphatic rings. The fourth-order valence-corrected chi connectivity index (χ4v) is 8.13. The van der Waals surface area contributed by atoms with Crippen LogP contribution in [-0.2, 0) is 27.8 Å². The summed E-state index contributed by atoms with van der Waals surface area (Å²) in [5.74, 6) is -0.710. The minimum absolute atomic E-state index is 0.0410. The van der Waals surface area contributed by atoms with Crippen molar-refractivity contribution in [2.45, 2.75) is 70.7 Å². The highest BCUT2D eigenvalue weighted by atomic mass is 35.5. The van der Waals surface area contributed by atoms with Crippen LogP contribution in [0.4, 0.5) is 10.5 Å². The molecular formula is C33H45ClN6O5S2. The first-order chi connectivity index (χ1) is 22.2. The lowest BCUT2D eigenvalue weighted by Gasteiger charge is -2.34. The average molecular weight is 705 g/mol. The molecule has 256 valence electrons. The van der Waals surface area contributed by atoms with Crippen LogP contribution in [0, 0.1) is 18.8 Å². The number of hydrogen-bond acceptors (Lipinski definition) is 8. The number of nitrogen functional groups attached to an aromatic ring is 1. The number of hydrogen-bond donors (Lipinski definition) is 3. The highest BCUT2D eigenvalue weighted by molar-refractivity contribution is 7.89. The molecule has 0 bridgehead atoms. The fraction of sp³-hybridized carbons (Fsp3) is 0.485. The van der Waals surface area contributed by atoms with E-state index in [4.69, 9.17) is 17.3 Å². The van der Waals surface area contributed by atoms with E-state index in [0.29, 0.717) is 19.6 Å². The molecule has 1 fully saturated rings. The Balaban J connectivity index is 1.58. The van der Waals surface area contributed by atoms with Crippen LogP contribution in [0.3, 0.4) is 0 Å². The summed E-state index contributed by atoms with van der Waals surface area (Å²) in [7, 11) is -4.09. The van der Waals surface area contributed by atoms with Crippen molar-refractivity contribution in [3.63, 3.8) is 0 Å². The Morgan fingerprint density at radius 3 is 2.43 bits per heavy atom. The Kier molecular flexibility index (Phi) is 12.3. The van der Waals surface area contributed by atoms with Gasteiger partial charge in [-0.05, 0) is 48.9 Å². The predicted octanol–water partition coefficient (Wildman–Crippen LogP) is 4.38. The molecule has 3 aromatic rings. The number of urea groups is 1. The third-order valence-electron chi connectivity index (χ3n) is 8.04. The Labute approximate surface area is 286 Å². The molecule has 47 heavy (non-hydrogen) atoms. The molecule has 4 N–H and O–H groups in total. The highest BCUT2D eigenvalue weighted by Crippen LogP contribution is 2.26. The van der Waals surface area contributed by atoms with Crippen molar-refractivity contribution in [1.82, 2.24) is 24.4 Å². The number of carbonyl (C=O) groups is 2. The van der Waals surface area contributed by atoms with E-state index < -0.39 is 34.1 Å². The third kappa shape index (κ3) is 9.23. The second-order valence-corrected chi connectivity index (χ2v) is 16.1. The van der Waals surface area contributed by atoms with Gasteiger partial charge in [0.2, 0.25) is 15.9 Å². The third-order valence-corrected chi connectivity index (χ3v) is 11.0. The van der Waals surface area contributed by atoms with Crippen LogP contribution >= 0.6 is 22.9 Å². The number of halogens is 1. The zero-order valence-electron chi connectivity index (χ0n) is 27.5. The zero-order valence-corrected chi connectivity index (χ0v) is 29.9. The van der Waals surface area contributed by atoms with Crippen LogP contribution in [0.2, 0.25) is 5.02 Å². The van der Waals surface area contributed by atoms with Gasteiger partial charge in [-0.3, -0.25) is 4.79 Å². The van der Waals surface area contributed by atoms with Crippen LogP contribution in [0.15, 0.2) is 58.8 Å². The summed E-state index contributed by atoms with van der Waals surface area (Å²) in [4.78, 5) is 35.3. The van der Waals surface area contributed by atoms with Crippen LogP contribution in [0.5, 0.6) is 0 Å². The summed E-state index contributed by atoms with van der Waals surface area (Å²) < 4.78 is 28.9. The molecule has 0 spiro atoms. The highest BCUT2D eigenvalue weighted by Gasteiger charge is 2.40. The van der Waals surface area contributed by atoms with Crippen LogP contribution in [0.25, 0.3) is 0 Å². The summed E-state index contributed by atoms with van der Waals surface area (Å²) in [6.45, 7) is 10.5. The molecule has 3 atom stereocenters. The number of rotatable bonds is 15. The molecule has 0 unspecified atom stereocenters. The number of aliphatic hydroxyl groups excluding tert-OH is 1. The number of thiazole rings is 1. The molecule has 2 heterocycles. The Hall–Kier alpha value is -3.23. The van der Waals surface area contributed by atoms with E-state index in [1.54, 1.807) is 9.80 Å². The Morgan fingerprint density at radius 2 is 1.83 bits per heavy atom.